The number of piperidine rings is 1. The van der Waals surface area contributed by atoms with E-state index < -0.39 is 0 Å². The Hall–Kier alpha value is -1.26. The molecule has 4 nitrogen and oxygen atoms in total. The summed E-state index contributed by atoms with van der Waals surface area (Å²) in [5, 5.41) is 3.66. The summed E-state index contributed by atoms with van der Waals surface area (Å²) in [4.78, 5) is 14.7. The third kappa shape index (κ3) is 6.48. The van der Waals surface area contributed by atoms with E-state index in [9.17, 15) is 4.79 Å². The van der Waals surface area contributed by atoms with Crippen molar-refractivity contribution in [2.24, 2.45) is 11.8 Å². The molecule has 0 spiro atoms. The molecule has 3 rings (SSSR count). The highest BCUT2D eigenvalue weighted by Crippen LogP contribution is 2.28. The lowest BCUT2D eigenvalue weighted by molar-refractivity contribution is 0.0705. The molecule has 2 aliphatic rings. The Bertz CT molecular complexity index is 550. The lowest BCUT2D eigenvalue weighted by Gasteiger charge is -2.32. The molecular weight excluding hydrogens is 348 g/mol. The number of likely N-dealkylation sites (tertiary alicyclic amines) is 1. The Morgan fingerprint density at radius 1 is 1.15 bits per heavy atom. The van der Waals surface area contributed by atoms with Gasteiger partial charge >= 0.3 is 0 Å². The summed E-state index contributed by atoms with van der Waals surface area (Å²) in [6.07, 6.45) is 5.96. The van der Waals surface area contributed by atoms with Crippen molar-refractivity contribution in [1.82, 2.24) is 10.2 Å². The number of nitrogens with zero attached hydrogens (tertiary/aromatic N) is 1. The number of halogens is 1. The van der Waals surface area contributed by atoms with Crippen LogP contribution in [-0.4, -0.2) is 43.1 Å². The van der Waals surface area contributed by atoms with Crippen molar-refractivity contribution in [1.29, 1.82) is 0 Å². The van der Waals surface area contributed by atoms with Gasteiger partial charge in [-0.05, 0) is 74.8 Å². The third-order valence-corrected chi connectivity index (χ3v) is 5.24. The molecule has 0 atom stereocenters. The van der Waals surface area contributed by atoms with Gasteiger partial charge in [-0.25, -0.2) is 0 Å². The first kappa shape index (κ1) is 21.0. The quantitative estimate of drug-likeness (QED) is 0.737. The molecule has 26 heavy (non-hydrogen) atoms. The number of amides is 1. The predicted molar refractivity (Wildman–Crippen MR) is 108 cm³/mol. The highest BCUT2D eigenvalue weighted by atomic mass is 35.5. The molecule has 1 amide bonds. The normalized spacial score (nSPS) is 17.9. The summed E-state index contributed by atoms with van der Waals surface area (Å²) in [6.45, 7) is 7.98. The minimum Gasteiger partial charge on any atom is -0.494 e. The van der Waals surface area contributed by atoms with E-state index >= 15 is 0 Å². The van der Waals surface area contributed by atoms with Gasteiger partial charge in [-0.1, -0.05) is 13.8 Å². The molecule has 5 heteroatoms. The van der Waals surface area contributed by atoms with Crippen molar-refractivity contribution in [3.63, 3.8) is 0 Å². The molecule has 1 saturated carbocycles. The van der Waals surface area contributed by atoms with Gasteiger partial charge in [0.1, 0.15) is 5.75 Å². The molecule has 0 radical (unpaired) electrons. The van der Waals surface area contributed by atoms with Crippen LogP contribution in [0.2, 0.25) is 0 Å². The van der Waals surface area contributed by atoms with Gasteiger partial charge in [-0.15, -0.1) is 12.4 Å². The highest BCUT2D eigenvalue weighted by molar-refractivity contribution is 5.94. The highest BCUT2D eigenvalue weighted by Gasteiger charge is 2.26. The van der Waals surface area contributed by atoms with Crippen LogP contribution in [0.15, 0.2) is 24.3 Å². The SMILES string of the molecule is CC(C)CCOc1ccc(C(=O)N2CCC(NCC3CC3)CC2)cc1.Cl. The van der Waals surface area contributed by atoms with Gasteiger partial charge in [0.25, 0.3) is 5.91 Å². The molecule has 0 bridgehead atoms. The molecule has 1 N–H and O–H groups in total. The number of nitrogens with one attached hydrogen (secondary N) is 1. The summed E-state index contributed by atoms with van der Waals surface area (Å²) in [5.41, 5.74) is 0.764. The van der Waals surface area contributed by atoms with Crippen LogP contribution in [-0.2, 0) is 0 Å². The molecule has 2 fully saturated rings. The van der Waals surface area contributed by atoms with Crippen LogP contribution in [0.3, 0.4) is 0 Å². The Morgan fingerprint density at radius 3 is 2.38 bits per heavy atom. The van der Waals surface area contributed by atoms with Crippen LogP contribution < -0.4 is 10.1 Å². The number of benzene rings is 1. The first-order valence-electron chi connectivity index (χ1n) is 9.87. The average Bonchev–Trinajstić information content (AvgIpc) is 3.45. The number of hydrogen-bond donors (Lipinski definition) is 1. The van der Waals surface area contributed by atoms with Crippen molar-refractivity contribution in [3.8, 4) is 5.75 Å². The largest absolute Gasteiger partial charge is 0.494 e. The monoisotopic (exact) mass is 380 g/mol. The van der Waals surface area contributed by atoms with E-state index in [1.165, 1.54) is 12.8 Å². The summed E-state index contributed by atoms with van der Waals surface area (Å²) in [6, 6.07) is 8.20. The van der Waals surface area contributed by atoms with Crippen molar-refractivity contribution in [3.05, 3.63) is 29.8 Å². The maximum Gasteiger partial charge on any atom is 0.253 e. The van der Waals surface area contributed by atoms with E-state index in [1.807, 2.05) is 29.2 Å². The molecule has 0 aromatic heterocycles. The van der Waals surface area contributed by atoms with E-state index in [2.05, 4.69) is 19.2 Å². The summed E-state index contributed by atoms with van der Waals surface area (Å²) >= 11 is 0. The second-order valence-electron chi connectivity index (χ2n) is 7.97. The van der Waals surface area contributed by atoms with E-state index in [4.69, 9.17) is 4.74 Å². The molecule has 0 unspecified atom stereocenters. The standard InChI is InChI=1S/C21H32N2O2.ClH/c1-16(2)11-14-25-20-7-5-18(6-8-20)21(24)23-12-9-19(10-13-23)22-15-17-3-4-17;/h5-8,16-17,19,22H,3-4,9-15H2,1-2H3;1H. The van der Waals surface area contributed by atoms with Gasteiger partial charge in [0.2, 0.25) is 0 Å². The smallest absolute Gasteiger partial charge is 0.253 e. The molecule has 1 aromatic carbocycles. The van der Waals surface area contributed by atoms with E-state index in [-0.39, 0.29) is 18.3 Å². The number of carbonyl (C=O) groups excluding carboxylic acids is 1. The first-order chi connectivity index (χ1) is 12.1. The van der Waals surface area contributed by atoms with E-state index in [0.29, 0.717) is 12.0 Å². The van der Waals surface area contributed by atoms with Crippen LogP contribution in [0.25, 0.3) is 0 Å². The van der Waals surface area contributed by atoms with Crippen LogP contribution in [0.5, 0.6) is 5.75 Å². The maximum atomic E-state index is 12.7. The number of rotatable bonds is 8. The zero-order valence-electron chi connectivity index (χ0n) is 16.1. The van der Waals surface area contributed by atoms with Gasteiger partial charge in [-0.2, -0.15) is 0 Å². The Balaban J connectivity index is 0.00000243. The summed E-state index contributed by atoms with van der Waals surface area (Å²) < 4.78 is 5.73. The second-order valence-corrected chi connectivity index (χ2v) is 7.97. The first-order valence-corrected chi connectivity index (χ1v) is 9.87. The topological polar surface area (TPSA) is 41.6 Å². The summed E-state index contributed by atoms with van der Waals surface area (Å²) in [7, 11) is 0. The van der Waals surface area contributed by atoms with Crippen molar-refractivity contribution >= 4 is 18.3 Å². The lowest BCUT2D eigenvalue weighted by atomic mass is 10.0. The van der Waals surface area contributed by atoms with Crippen LogP contribution in [0, 0.1) is 11.8 Å². The van der Waals surface area contributed by atoms with E-state index in [0.717, 1.165) is 62.7 Å². The van der Waals surface area contributed by atoms with Gasteiger partial charge in [0.05, 0.1) is 6.61 Å². The van der Waals surface area contributed by atoms with Crippen molar-refractivity contribution in [2.75, 3.05) is 26.2 Å². The van der Waals surface area contributed by atoms with Crippen molar-refractivity contribution < 1.29 is 9.53 Å². The van der Waals surface area contributed by atoms with Gasteiger partial charge < -0.3 is 15.0 Å². The molecule has 1 aliphatic carbocycles. The van der Waals surface area contributed by atoms with Crippen LogP contribution in [0.1, 0.15) is 56.3 Å². The van der Waals surface area contributed by atoms with Crippen molar-refractivity contribution in [2.45, 2.75) is 52.0 Å². The third-order valence-electron chi connectivity index (χ3n) is 5.24. The average molecular weight is 381 g/mol. The molecule has 1 aromatic rings. The van der Waals surface area contributed by atoms with E-state index in [1.54, 1.807) is 0 Å². The van der Waals surface area contributed by atoms with Gasteiger partial charge in [0.15, 0.2) is 0 Å². The molecule has 146 valence electrons. The second kappa shape index (κ2) is 10.2. The minimum atomic E-state index is 0. The predicted octanol–water partition coefficient (Wildman–Crippen LogP) is 4.14. The number of hydrogen-bond acceptors (Lipinski definition) is 3. The molecule has 1 heterocycles. The maximum absolute atomic E-state index is 12.7. The zero-order chi connectivity index (χ0) is 17.6. The zero-order valence-corrected chi connectivity index (χ0v) is 16.9. The minimum absolute atomic E-state index is 0. The van der Waals surface area contributed by atoms with Crippen LogP contribution >= 0.6 is 12.4 Å². The Morgan fingerprint density at radius 2 is 1.81 bits per heavy atom. The molecule has 1 aliphatic heterocycles. The Kier molecular flexibility index (Phi) is 8.23. The fraction of sp³-hybridized carbons (Fsp3) is 0.667. The van der Waals surface area contributed by atoms with Gasteiger partial charge in [-0.3, -0.25) is 4.79 Å². The fourth-order valence-corrected chi connectivity index (χ4v) is 3.23. The van der Waals surface area contributed by atoms with Gasteiger partial charge in [0, 0.05) is 24.7 Å². The number of ether oxygens (including phenoxy) is 1. The molecular formula is C21H33ClN2O2. The van der Waals surface area contributed by atoms with Crippen LogP contribution in [0.4, 0.5) is 0 Å². The number of carbonyl (C=O) groups is 1. The Labute approximate surface area is 164 Å². The lowest BCUT2D eigenvalue weighted by Crippen LogP contribution is -2.45. The molecule has 1 saturated heterocycles. The fourth-order valence-electron chi connectivity index (χ4n) is 3.23. The summed E-state index contributed by atoms with van der Waals surface area (Å²) in [5.74, 6) is 2.55.